The molecule has 0 spiro atoms. The molecule has 0 amide bonds. The van der Waals surface area contributed by atoms with Gasteiger partial charge in [-0.3, -0.25) is 0 Å². The minimum atomic E-state index is -5.13. The molecule has 0 aliphatic heterocycles. The van der Waals surface area contributed by atoms with Crippen LogP contribution in [0.5, 0.6) is 0 Å². The van der Waals surface area contributed by atoms with E-state index in [1.165, 1.54) is 0 Å². The van der Waals surface area contributed by atoms with Gasteiger partial charge in [-0.15, -0.1) is 0 Å². The van der Waals surface area contributed by atoms with Gasteiger partial charge in [0.2, 0.25) is 0 Å². The van der Waals surface area contributed by atoms with Crippen LogP contribution in [0.2, 0.25) is 0 Å². The summed E-state index contributed by atoms with van der Waals surface area (Å²) in [6.07, 6.45) is 0. The van der Waals surface area contributed by atoms with Gasteiger partial charge < -0.3 is 41.8 Å². The largest absolute Gasteiger partial charge is 0.665 e. The summed E-state index contributed by atoms with van der Waals surface area (Å²) in [5.41, 5.74) is 0. The molecule has 0 aliphatic rings. The minimum Gasteiger partial charge on any atom is -0.388 e. The maximum absolute atomic E-state index is 8.53. The Bertz CT molecular complexity index is 133. The Hall–Kier alpha value is 0.291. The Morgan fingerprint density at radius 3 is 1.58 bits per heavy atom. The summed E-state index contributed by atoms with van der Waals surface area (Å²) < 4.78 is 7.08. The fourth-order valence-electron chi connectivity index (χ4n) is 0.318. The molecule has 9 nitrogen and oxygen atoms in total. The predicted molar refractivity (Wildman–Crippen MR) is 35.0 cm³/mol. The summed E-state index contributed by atoms with van der Waals surface area (Å²) >= 11 is 0. The molecule has 73 valence electrons. The Morgan fingerprint density at radius 1 is 0.917 bits per heavy atom. The monoisotopic (exact) mass is 235 g/mol. The van der Waals surface area contributed by atoms with Crippen LogP contribution in [0.3, 0.4) is 0 Å². The molecule has 0 aromatic heterocycles. The van der Waals surface area contributed by atoms with E-state index in [-0.39, 0.29) is 0 Å². The van der Waals surface area contributed by atoms with E-state index in [2.05, 4.69) is 8.23 Å². The van der Waals surface area contributed by atoms with Crippen molar-refractivity contribution in [3.63, 3.8) is 0 Å². The van der Waals surface area contributed by atoms with E-state index in [4.69, 9.17) is 33.6 Å². The summed E-state index contributed by atoms with van der Waals surface area (Å²) in [7, 11) is -13.6. The molecule has 0 atom stereocenters. The zero-order valence-electron chi connectivity index (χ0n) is 5.45. The van der Waals surface area contributed by atoms with Crippen LogP contribution in [-0.4, -0.2) is 61.2 Å². The van der Waals surface area contributed by atoms with Gasteiger partial charge in [0.05, 0.1) is 0 Å². The number of hydrogen-bond donors (Lipinski definition) is 7. The Balaban J connectivity index is 4.04. The average molecular weight is 235 g/mol. The second-order valence-electron chi connectivity index (χ2n) is 1.61. The second kappa shape index (κ2) is 4.00. The molecule has 1 radical (unpaired) electrons. The normalized spacial score (nSPS) is 14.0. The van der Waals surface area contributed by atoms with Gasteiger partial charge in [0.25, 0.3) is 0 Å². The highest BCUT2D eigenvalue weighted by Gasteiger charge is 2.50. The first-order valence-electron chi connectivity index (χ1n) is 2.38. The molecule has 0 rings (SSSR count). The maximum Gasteiger partial charge on any atom is 0.665 e. The smallest absolute Gasteiger partial charge is 0.388 e. The number of hydrogen-bond acceptors (Lipinski definition) is 9. The third-order valence-electron chi connectivity index (χ3n) is 0.494. The van der Waals surface area contributed by atoms with Crippen LogP contribution >= 0.6 is 0 Å². The summed E-state index contributed by atoms with van der Waals surface area (Å²) in [5.74, 6) is 0. The van der Waals surface area contributed by atoms with Crippen molar-refractivity contribution in [3.8, 4) is 0 Å². The van der Waals surface area contributed by atoms with Crippen LogP contribution in [-0.2, 0) is 8.23 Å². The van der Waals surface area contributed by atoms with E-state index >= 15 is 0 Å². The molecule has 0 aromatic carbocycles. The van der Waals surface area contributed by atoms with Crippen molar-refractivity contribution in [2.24, 2.45) is 0 Å². The SMILES string of the molecule is O[Si](O)O[Si](O)(O)O[Si](O)(O)O. The molecule has 0 aromatic rings. The topological polar surface area (TPSA) is 160 Å². The Morgan fingerprint density at radius 2 is 1.33 bits per heavy atom. The van der Waals surface area contributed by atoms with Gasteiger partial charge >= 0.3 is 27.6 Å². The van der Waals surface area contributed by atoms with Gasteiger partial charge in [0.15, 0.2) is 0 Å². The van der Waals surface area contributed by atoms with Crippen molar-refractivity contribution in [2.75, 3.05) is 0 Å². The molecule has 0 heterocycles. The Labute approximate surface area is 70.3 Å². The molecule has 0 fully saturated rings. The highest BCUT2D eigenvalue weighted by atomic mass is 28.5. The van der Waals surface area contributed by atoms with Crippen molar-refractivity contribution in [1.29, 1.82) is 0 Å². The van der Waals surface area contributed by atoms with Gasteiger partial charge in [-0.2, -0.15) is 0 Å². The van der Waals surface area contributed by atoms with Gasteiger partial charge in [-0.05, 0) is 0 Å². The molecule has 0 aliphatic carbocycles. The first kappa shape index (κ1) is 12.3. The molecule has 0 saturated carbocycles. The van der Waals surface area contributed by atoms with Crippen molar-refractivity contribution < 1.29 is 41.8 Å². The lowest BCUT2D eigenvalue weighted by Crippen LogP contribution is -2.57. The van der Waals surface area contributed by atoms with Gasteiger partial charge in [0.1, 0.15) is 0 Å². The summed E-state index contributed by atoms with van der Waals surface area (Å²) in [4.78, 5) is 57.8. The van der Waals surface area contributed by atoms with E-state index in [1.807, 2.05) is 0 Å². The fourth-order valence-corrected chi connectivity index (χ4v) is 3.24. The quantitative estimate of drug-likeness (QED) is 0.236. The molecule has 12 heteroatoms. The van der Waals surface area contributed by atoms with Gasteiger partial charge in [-0.25, -0.2) is 0 Å². The lowest BCUT2D eigenvalue weighted by molar-refractivity contribution is 0.0353. The molecule has 7 N–H and O–H groups in total. The zero-order chi connectivity index (χ0) is 9.99. The Kier molecular flexibility index (Phi) is 4.10. The standard InChI is InChI=1S/H7O9Si3/c1-10(2)8-12(6,7)9-11(3,4)5/h1-7H. The average Bonchev–Trinajstić information content (AvgIpc) is 1.48. The first-order chi connectivity index (χ1) is 5.12. The molecule has 12 heavy (non-hydrogen) atoms. The maximum atomic E-state index is 8.53. The van der Waals surface area contributed by atoms with E-state index in [1.54, 1.807) is 0 Å². The highest BCUT2D eigenvalue weighted by molar-refractivity contribution is 6.68. The molecule has 0 saturated heterocycles. The van der Waals surface area contributed by atoms with Crippen LogP contribution in [0.4, 0.5) is 0 Å². The van der Waals surface area contributed by atoms with E-state index in [9.17, 15) is 0 Å². The molecular weight excluding hydrogens is 228 g/mol. The van der Waals surface area contributed by atoms with Crippen LogP contribution in [0.1, 0.15) is 0 Å². The molecule has 0 unspecified atom stereocenters. The minimum absolute atomic E-state index is 3.44. The molecule has 0 bridgehead atoms. The summed E-state index contributed by atoms with van der Waals surface area (Å²) in [6, 6.07) is 0. The lowest BCUT2D eigenvalue weighted by Gasteiger charge is -2.19. The fraction of sp³-hybridized carbons (Fsp3) is 0. The second-order valence-corrected chi connectivity index (χ2v) is 6.05. The number of rotatable bonds is 4. The third-order valence-corrected chi connectivity index (χ3v) is 4.45. The zero-order valence-corrected chi connectivity index (χ0v) is 8.45. The van der Waals surface area contributed by atoms with E-state index in [0.717, 1.165) is 0 Å². The highest BCUT2D eigenvalue weighted by Crippen LogP contribution is 2.03. The van der Waals surface area contributed by atoms with Crippen molar-refractivity contribution in [2.45, 2.75) is 0 Å². The van der Waals surface area contributed by atoms with Crippen LogP contribution < -0.4 is 0 Å². The van der Waals surface area contributed by atoms with Crippen molar-refractivity contribution in [1.82, 2.24) is 0 Å². The molecular formula is H7O9Si3. The summed E-state index contributed by atoms with van der Waals surface area (Å²) in [6.45, 7) is 0. The predicted octanol–water partition coefficient (Wildman–Crippen LogP) is -5.18. The summed E-state index contributed by atoms with van der Waals surface area (Å²) in [5, 5.41) is 0. The van der Waals surface area contributed by atoms with Crippen LogP contribution in [0.15, 0.2) is 0 Å². The third kappa shape index (κ3) is 6.97. The van der Waals surface area contributed by atoms with Crippen molar-refractivity contribution >= 4 is 27.6 Å². The van der Waals surface area contributed by atoms with E-state index in [0.29, 0.717) is 0 Å². The van der Waals surface area contributed by atoms with Crippen LogP contribution in [0, 0.1) is 0 Å². The lowest BCUT2D eigenvalue weighted by atomic mass is 15.6. The first-order valence-corrected chi connectivity index (χ1v) is 7.15. The van der Waals surface area contributed by atoms with Crippen LogP contribution in [0.25, 0.3) is 0 Å². The van der Waals surface area contributed by atoms with Gasteiger partial charge in [-0.1, -0.05) is 0 Å². The van der Waals surface area contributed by atoms with E-state index < -0.39 is 27.6 Å². The van der Waals surface area contributed by atoms with Crippen molar-refractivity contribution in [3.05, 3.63) is 0 Å². The van der Waals surface area contributed by atoms with Gasteiger partial charge in [0, 0.05) is 0 Å².